The molecule has 4 nitrogen and oxygen atoms in total. The lowest BCUT2D eigenvalue weighted by Crippen LogP contribution is -2.32. The van der Waals surface area contributed by atoms with Gasteiger partial charge < -0.3 is 10.2 Å². The Hall–Kier alpha value is -0.910. The molecule has 0 amide bonds. The van der Waals surface area contributed by atoms with Gasteiger partial charge in [-0.2, -0.15) is 0 Å². The van der Waals surface area contributed by atoms with Crippen LogP contribution in [0.3, 0.4) is 0 Å². The van der Waals surface area contributed by atoms with Crippen molar-refractivity contribution in [2.75, 3.05) is 5.75 Å². The first kappa shape index (κ1) is 15.5. The van der Waals surface area contributed by atoms with E-state index in [0.29, 0.717) is 6.42 Å². The summed E-state index contributed by atoms with van der Waals surface area (Å²) in [6.07, 6.45) is -1.24. The summed E-state index contributed by atoms with van der Waals surface area (Å²) in [5, 5.41) is 20.1. The van der Waals surface area contributed by atoms with E-state index in [0.717, 1.165) is 0 Å². The predicted molar refractivity (Wildman–Crippen MR) is 76.9 cm³/mol. The van der Waals surface area contributed by atoms with Gasteiger partial charge in [-0.1, -0.05) is 32.0 Å². The fourth-order valence-corrected chi connectivity index (χ4v) is 4.66. The topological polar surface area (TPSA) is 74.6 Å². The Labute approximate surface area is 120 Å². The van der Waals surface area contributed by atoms with Crippen molar-refractivity contribution in [2.45, 2.75) is 37.4 Å². The van der Waals surface area contributed by atoms with Gasteiger partial charge in [-0.15, -0.1) is 0 Å². The molecular weight excluding hydrogens is 276 g/mol. The lowest BCUT2D eigenvalue weighted by molar-refractivity contribution is -0.000972. The lowest BCUT2D eigenvalue weighted by Gasteiger charge is -2.19. The van der Waals surface area contributed by atoms with Crippen molar-refractivity contribution in [3.63, 3.8) is 0 Å². The van der Waals surface area contributed by atoms with Crippen LogP contribution in [0.2, 0.25) is 0 Å². The van der Waals surface area contributed by atoms with Gasteiger partial charge in [-0.05, 0) is 30.4 Å². The Balaban J connectivity index is 2.15. The zero-order valence-electron chi connectivity index (χ0n) is 11.8. The van der Waals surface area contributed by atoms with E-state index in [9.17, 15) is 18.6 Å². The highest BCUT2D eigenvalue weighted by molar-refractivity contribution is 7.91. The highest BCUT2D eigenvalue weighted by Gasteiger charge is 2.44. The summed E-state index contributed by atoms with van der Waals surface area (Å²) in [7, 11) is -3.42. The smallest absolute Gasteiger partial charge is 0.178 e. The fourth-order valence-electron chi connectivity index (χ4n) is 3.00. The number of aliphatic hydroxyl groups is 2. The molecule has 0 spiro atoms. The first-order valence-corrected chi connectivity index (χ1v) is 8.62. The molecule has 1 aromatic rings. The summed E-state index contributed by atoms with van der Waals surface area (Å²) >= 11 is 0. The van der Waals surface area contributed by atoms with Crippen molar-refractivity contribution in [1.29, 1.82) is 0 Å². The molecule has 1 saturated carbocycles. The van der Waals surface area contributed by atoms with E-state index in [1.807, 2.05) is 13.8 Å². The molecule has 0 aliphatic heterocycles. The maximum absolute atomic E-state index is 12.3. The van der Waals surface area contributed by atoms with Crippen LogP contribution in [0.15, 0.2) is 35.2 Å². The minimum absolute atomic E-state index is 0.0408. The van der Waals surface area contributed by atoms with E-state index < -0.39 is 28.0 Å². The van der Waals surface area contributed by atoms with Gasteiger partial charge in [-0.25, -0.2) is 8.42 Å². The van der Waals surface area contributed by atoms with Crippen LogP contribution in [-0.2, 0) is 9.84 Å². The second-order valence-corrected chi connectivity index (χ2v) is 8.01. The average Bonchev–Trinajstić information content (AvgIpc) is 2.68. The average molecular weight is 298 g/mol. The first-order chi connectivity index (χ1) is 9.33. The summed E-state index contributed by atoms with van der Waals surface area (Å²) in [5.74, 6) is -0.328. The zero-order valence-corrected chi connectivity index (χ0v) is 12.6. The Bertz CT molecular complexity index is 538. The molecule has 0 heterocycles. The van der Waals surface area contributed by atoms with Gasteiger partial charge in [0.25, 0.3) is 0 Å². The van der Waals surface area contributed by atoms with E-state index in [1.165, 1.54) is 0 Å². The summed E-state index contributed by atoms with van der Waals surface area (Å²) in [5.41, 5.74) is 0. The van der Waals surface area contributed by atoms with E-state index in [2.05, 4.69) is 0 Å². The van der Waals surface area contributed by atoms with Crippen molar-refractivity contribution in [1.82, 2.24) is 0 Å². The Kier molecular flexibility index (Phi) is 4.52. The van der Waals surface area contributed by atoms with Crippen LogP contribution < -0.4 is 0 Å². The molecule has 1 aromatic carbocycles. The van der Waals surface area contributed by atoms with Crippen LogP contribution in [-0.4, -0.2) is 36.6 Å². The third-order valence-electron chi connectivity index (χ3n) is 4.24. The summed E-state index contributed by atoms with van der Waals surface area (Å²) < 4.78 is 24.6. The number of hydrogen-bond donors (Lipinski definition) is 2. The molecule has 1 fully saturated rings. The van der Waals surface area contributed by atoms with E-state index in [1.54, 1.807) is 30.3 Å². The third-order valence-corrected chi connectivity index (χ3v) is 6.10. The van der Waals surface area contributed by atoms with Crippen LogP contribution in [0.5, 0.6) is 0 Å². The molecule has 5 heteroatoms. The molecule has 112 valence electrons. The number of aliphatic hydroxyl groups excluding tert-OH is 2. The lowest BCUT2D eigenvalue weighted by atomic mass is 9.92. The number of hydrogen-bond acceptors (Lipinski definition) is 4. The van der Waals surface area contributed by atoms with Gasteiger partial charge in [0.1, 0.15) is 0 Å². The Morgan fingerprint density at radius 1 is 1.15 bits per heavy atom. The fraction of sp³-hybridized carbons (Fsp3) is 0.600. The monoisotopic (exact) mass is 298 g/mol. The standard InChI is InChI=1S/C15H22O4S/c1-10(2)13-8-11(14(16)15(13)17)9-20(18,19)12-6-4-3-5-7-12/h3-7,10-11,13-17H,8-9H2,1-2H3/t11-,13+,14-,15+/m1/s1. The van der Waals surface area contributed by atoms with Gasteiger partial charge in [0.15, 0.2) is 9.84 Å². The number of sulfone groups is 1. The number of benzene rings is 1. The molecule has 4 atom stereocenters. The Morgan fingerprint density at radius 2 is 1.75 bits per heavy atom. The molecule has 1 aliphatic rings. The predicted octanol–water partition coefficient (Wildman–Crippen LogP) is 1.47. The van der Waals surface area contributed by atoms with Gasteiger partial charge >= 0.3 is 0 Å². The van der Waals surface area contributed by atoms with Crippen LogP contribution in [0, 0.1) is 17.8 Å². The molecule has 0 saturated heterocycles. The van der Waals surface area contributed by atoms with Crippen molar-refractivity contribution < 1.29 is 18.6 Å². The molecule has 20 heavy (non-hydrogen) atoms. The molecule has 0 aromatic heterocycles. The van der Waals surface area contributed by atoms with Gasteiger partial charge in [-0.3, -0.25) is 0 Å². The van der Waals surface area contributed by atoms with Crippen LogP contribution in [0.4, 0.5) is 0 Å². The summed E-state index contributed by atoms with van der Waals surface area (Å²) in [6.45, 7) is 3.96. The van der Waals surface area contributed by atoms with E-state index in [-0.39, 0.29) is 22.5 Å². The van der Waals surface area contributed by atoms with Crippen molar-refractivity contribution >= 4 is 9.84 Å². The van der Waals surface area contributed by atoms with Crippen LogP contribution in [0.25, 0.3) is 0 Å². The second kappa shape index (κ2) is 5.84. The SMILES string of the molecule is CC(C)[C@@H]1C[C@H](CS(=O)(=O)c2ccccc2)[C@@H](O)[C@H]1O. The highest BCUT2D eigenvalue weighted by atomic mass is 32.2. The van der Waals surface area contributed by atoms with Crippen LogP contribution >= 0.6 is 0 Å². The van der Waals surface area contributed by atoms with Crippen molar-refractivity contribution in [2.24, 2.45) is 17.8 Å². The van der Waals surface area contributed by atoms with Gasteiger partial charge in [0.2, 0.25) is 0 Å². The molecule has 0 unspecified atom stereocenters. The summed E-state index contributed by atoms with van der Waals surface area (Å²) in [6, 6.07) is 8.26. The summed E-state index contributed by atoms with van der Waals surface area (Å²) in [4.78, 5) is 0.273. The first-order valence-electron chi connectivity index (χ1n) is 6.97. The molecule has 2 N–H and O–H groups in total. The van der Waals surface area contributed by atoms with E-state index >= 15 is 0 Å². The molecule has 0 radical (unpaired) electrons. The van der Waals surface area contributed by atoms with Gasteiger partial charge in [0, 0.05) is 5.92 Å². The zero-order chi connectivity index (χ0) is 14.9. The largest absolute Gasteiger partial charge is 0.390 e. The molecular formula is C15H22O4S. The Morgan fingerprint density at radius 3 is 2.25 bits per heavy atom. The highest BCUT2D eigenvalue weighted by Crippen LogP contribution is 2.37. The van der Waals surface area contributed by atoms with E-state index in [4.69, 9.17) is 0 Å². The maximum Gasteiger partial charge on any atom is 0.178 e. The normalized spacial score (nSPS) is 30.9. The van der Waals surface area contributed by atoms with Crippen LogP contribution in [0.1, 0.15) is 20.3 Å². The minimum atomic E-state index is -3.42. The minimum Gasteiger partial charge on any atom is -0.390 e. The third kappa shape index (κ3) is 3.05. The second-order valence-electron chi connectivity index (χ2n) is 5.98. The number of rotatable bonds is 4. The molecule has 1 aliphatic carbocycles. The maximum atomic E-state index is 12.3. The molecule has 0 bridgehead atoms. The molecule has 2 rings (SSSR count). The van der Waals surface area contributed by atoms with Gasteiger partial charge in [0.05, 0.1) is 22.9 Å². The van der Waals surface area contributed by atoms with Crippen molar-refractivity contribution in [3.05, 3.63) is 30.3 Å². The van der Waals surface area contributed by atoms with Crippen molar-refractivity contribution in [3.8, 4) is 0 Å². The quantitative estimate of drug-likeness (QED) is 0.883.